The van der Waals surface area contributed by atoms with E-state index in [1.54, 1.807) is 24.3 Å². The van der Waals surface area contributed by atoms with Gasteiger partial charge in [-0.25, -0.2) is 8.42 Å². The van der Waals surface area contributed by atoms with Crippen molar-refractivity contribution in [2.24, 2.45) is 5.73 Å². The Morgan fingerprint density at radius 1 is 1.12 bits per heavy atom. The van der Waals surface area contributed by atoms with Crippen LogP contribution in [0.2, 0.25) is 0 Å². The highest BCUT2D eigenvalue weighted by Gasteiger charge is 2.23. The van der Waals surface area contributed by atoms with Crippen LogP contribution >= 0.6 is 15.9 Å². The Hall–Kier alpha value is -2.23. The van der Waals surface area contributed by atoms with Crippen LogP contribution in [0.15, 0.2) is 57.9 Å². The number of carbonyl (C=O) groups is 2. The van der Waals surface area contributed by atoms with Gasteiger partial charge in [0.15, 0.2) is 0 Å². The van der Waals surface area contributed by atoms with E-state index < -0.39 is 28.4 Å². The molecule has 2 aromatic carbocycles. The average molecular weight is 426 g/mol. The molecule has 0 heterocycles. The maximum absolute atomic E-state index is 12.5. The third kappa shape index (κ3) is 4.65. The van der Waals surface area contributed by atoms with Gasteiger partial charge in [-0.1, -0.05) is 28.1 Å². The number of para-hydroxylation sites is 1. The second-order valence-electron chi connectivity index (χ2n) is 5.17. The number of sulfonamides is 1. The normalized spacial score (nSPS) is 11.3. The molecule has 2 amide bonds. The van der Waals surface area contributed by atoms with Crippen molar-refractivity contribution in [2.75, 3.05) is 18.9 Å². The molecule has 0 saturated heterocycles. The monoisotopic (exact) mass is 425 g/mol. The predicted octanol–water partition coefficient (Wildman–Crippen LogP) is 1.81. The summed E-state index contributed by atoms with van der Waals surface area (Å²) in [7, 11) is -2.51. The summed E-state index contributed by atoms with van der Waals surface area (Å²) in [6, 6.07) is 12.3. The summed E-state index contributed by atoms with van der Waals surface area (Å²) < 4.78 is 26.6. The smallest absolute Gasteiger partial charge is 0.250 e. The van der Waals surface area contributed by atoms with Crippen molar-refractivity contribution in [3.05, 3.63) is 58.6 Å². The van der Waals surface area contributed by atoms with E-state index in [1.807, 2.05) is 0 Å². The lowest BCUT2D eigenvalue weighted by Crippen LogP contribution is -2.35. The van der Waals surface area contributed by atoms with Gasteiger partial charge in [-0.05, 0) is 36.4 Å². The van der Waals surface area contributed by atoms with Gasteiger partial charge in [0.25, 0.3) is 5.91 Å². The third-order valence-corrected chi connectivity index (χ3v) is 5.70. The standard InChI is InChI=1S/C16H16BrN3O4S/c1-20(25(23,24)12-8-6-11(17)7-9-12)10-15(21)19-14-5-3-2-4-13(14)16(18)22/h2-9H,10H2,1H3,(H2,18,22)(H,19,21). The van der Waals surface area contributed by atoms with Gasteiger partial charge in [-0.3, -0.25) is 9.59 Å². The molecule has 0 bridgehead atoms. The number of halogens is 1. The van der Waals surface area contributed by atoms with Gasteiger partial charge in [0.05, 0.1) is 22.7 Å². The molecule has 132 valence electrons. The van der Waals surface area contributed by atoms with Crippen LogP contribution < -0.4 is 11.1 Å². The molecule has 7 nitrogen and oxygen atoms in total. The largest absolute Gasteiger partial charge is 0.366 e. The molecule has 3 N–H and O–H groups in total. The number of nitrogens with zero attached hydrogens (tertiary/aromatic N) is 1. The second-order valence-corrected chi connectivity index (χ2v) is 8.13. The van der Waals surface area contributed by atoms with Crippen molar-refractivity contribution in [3.8, 4) is 0 Å². The van der Waals surface area contributed by atoms with Crippen LogP contribution in [0.1, 0.15) is 10.4 Å². The molecule has 9 heteroatoms. The van der Waals surface area contributed by atoms with E-state index in [4.69, 9.17) is 5.73 Å². The number of anilines is 1. The summed E-state index contributed by atoms with van der Waals surface area (Å²) in [5, 5.41) is 2.50. The first-order valence-corrected chi connectivity index (χ1v) is 9.35. The highest BCUT2D eigenvalue weighted by molar-refractivity contribution is 9.10. The first kappa shape index (κ1) is 19.1. The first-order valence-electron chi connectivity index (χ1n) is 7.12. The van der Waals surface area contributed by atoms with Crippen molar-refractivity contribution in [1.29, 1.82) is 0 Å². The Labute approximate surface area is 154 Å². The molecule has 0 unspecified atom stereocenters. The van der Waals surface area contributed by atoms with Crippen LogP contribution in [-0.2, 0) is 14.8 Å². The fourth-order valence-electron chi connectivity index (χ4n) is 2.07. The van der Waals surface area contributed by atoms with Crippen LogP contribution in [-0.4, -0.2) is 38.1 Å². The Kier molecular flexibility index (Phi) is 5.93. The Morgan fingerprint density at radius 3 is 2.32 bits per heavy atom. The number of hydrogen-bond donors (Lipinski definition) is 2. The predicted molar refractivity (Wildman–Crippen MR) is 97.5 cm³/mol. The Morgan fingerprint density at radius 2 is 1.72 bits per heavy atom. The minimum absolute atomic E-state index is 0.0727. The number of primary amides is 1. The van der Waals surface area contributed by atoms with E-state index in [9.17, 15) is 18.0 Å². The zero-order valence-electron chi connectivity index (χ0n) is 13.3. The van der Waals surface area contributed by atoms with Gasteiger partial charge in [-0.2, -0.15) is 4.31 Å². The number of nitrogens with two attached hydrogens (primary N) is 1. The second kappa shape index (κ2) is 7.77. The van der Waals surface area contributed by atoms with Gasteiger partial charge in [0.2, 0.25) is 15.9 Å². The van der Waals surface area contributed by atoms with Gasteiger partial charge in [0, 0.05) is 11.5 Å². The van der Waals surface area contributed by atoms with E-state index >= 15 is 0 Å². The molecule has 0 aromatic heterocycles. The lowest BCUT2D eigenvalue weighted by Gasteiger charge is -2.17. The molecule has 2 aromatic rings. The van der Waals surface area contributed by atoms with Gasteiger partial charge < -0.3 is 11.1 Å². The van der Waals surface area contributed by atoms with Crippen LogP contribution in [0.5, 0.6) is 0 Å². The molecule has 0 saturated carbocycles. The zero-order valence-corrected chi connectivity index (χ0v) is 15.7. The molecule has 2 rings (SSSR count). The fourth-order valence-corrected chi connectivity index (χ4v) is 3.46. The van der Waals surface area contributed by atoms with E-state index in [2.05, 4.69) is 21.2 Å². The zero-order chi connectivity index (χ0) is 18.6. The van der Waals surface area contributed by atoms with Gasteiger partial charge in [-0.15, -0.1) is 0 Å². The third-order valence-electron chi connectivity index (χ3n) is 3.35. The molecule has 0 aliphatic heterocycles. The minimum Gasteiger partial charge on any atom is -0.366 e. The topological polar surface area (TPSA) is 110 Å². The summed E-state index contributed by atoms with van der Waals surface area (Å²) in [6.07, 6.45) is 0. The minimum atomic E-state index is -3.81. The molecule has 0 aliphatic carbocycles. The molecule has 0 radical (unpaired) electrons. The highest BCUT2D eigenvalue weighted by Crippen LogP contribution is 2.18. The maximum atomic E-state index is 12.5. The molecule has 0 atom stereocenters. The van der Waals surface area contributed by atoms with Gasteiger partial charge in [0.1, 0.15) is 0 Å². The lowest BCUT2D eigenvalue weighted by atomic mass is 10.1. The van der Waals surface area contributed by atoms with Crippen molar-refractivity contribution in [2.45, 2.75) is 4.90 Å². The van der Waals surface area contributed by atoms with E-state index in [1.165, 1.54) is 31.3 Å². The fraction of sp³-hybridized carbons (Fsp3) is 0.125. The number of nitrogens with one attached hydrogen (secondary N) is 1. The SMILES string of the molecule is CN(CC(=O)Nc1ccccc1C(N)=O)S(=O)(=O)c1ccc(Br)cc1. The number of benzene rings is 2. The lowest BCUT2D eigenvalue weighted by molar-refractivity contribution is -0.116. The highest BCUT2D eigenvalue weighted by atomic mass is 79.9. The van der Waals surface area contributed by atoms with E-state index in [0.29, 0.717) is 0 Å². The van der Waals surface area contributed by atoms with Crippen LogP contribution in [0.4, 0.5) is 5.69 Å². The maximum Gasteiger partial charge on any atom is 0.250 e. The summed E-state index contributed by atoms with van der Waals surface area (Å²) in [6.45, 7) is -0.411. The average Bonchev–Trinajstić information content (AvgIpc) is 2.55. The van der Waals surface area contributed by atoms with Crippen LogP contribution in [0.25, 0.3) is 0 Å². The Balaban J connectivity index is 2.12. The molecule has 0 fully saturated rings. The Bertz CT molecular complexity index is 898. The number of carbonyl (C=O) groups excluding carboxylic acids is 2. The number of amides is 2. The van der Waals surface area contributed by atoms with Gasteiger partial charge >= 0.3 is 0 Å². The van der Waals surface area contributed by atoms with Crippen molar-refractivity contribution < 1.29 is 18.0 Å². The summed E-state index contributed by atoms with van der Waals surface area (Å²) >= 11 is 3.23. The summed E-state index contributed by atoms with van der Waals surface area (Å²) in [5.41, 5.74) is 5.63. The first-order chi connectivity index (χ1) is 11.7. The molecular weight excluding hydrogens is 410 g/mol. The molecule has 0 aliphatic rings. The van der Waals surface area contributed by atoms with Crippen LogP contribution in [0, 0.1) is 0 Å². The molecule has 0 spiro atoms. The van der Waals surface area contributed by atoms with Crippen molar-refractivity contribution >= 4 is 43.5 Å². The van der Waals surface area contributed by atoms with Crippen molar-refractivity contribution in [3.63, 3.8) is 0 Å². The quantitative estimate of drug-likeness (QED) is 0.734. The number of rotatable bonds is 6. The molecular formula is C16H16BrN3O4S. The summed E-state index contributed by atoms with van der Waals surface area (Å²) in [4.78, 5) is 23.6. The van der Waals surface area contributed by atoms with Crippen LogP contribution in [0.3, 0.4) is 0 Å². The molecule has 25 heavy (non-hydrogen) atoms. The summed E-state index contributed by atoms with van der Waals surface area (Å²) in [5.74, 6) is -1.27. The van der Waals surface area contributed by atoms with Crippen molar-refractivity contribution in [1.82, 2.24) is 4.31 Å². The van der Waals surface area contributed by atoms with E-state index in [0.717, 1.165) is 8.78 Å². The number of hydrogen-bond acceptors (Lipinski definition) is 4. The van der Waals surface area contributed by atoms with E-state index in [-0.39, 0.29) is 16.1 Å². The number of likely N-dealkylation sites (N-methyl/N-ethyl adjacent to an activating group) is 1.